The molecule has 170 valence electrons. The van der Waals surface area contributed by atoms with Gasteiger partial charge >= 0.3 is 0 Å². The molecule has 0 spiro atoms. The molecule has 0 saturated carbocycles. The molecule has 0 aliphatic carbocycles. The van der Waals surface area contributed by atoms with Gasteiger partial charge in [-0.1, -0.05) is 72.3 Å². The van der Waals surface area contributed by atoms with Crippen molar-refractivity contribution in [3.8, 4) is 0 Å². The van der Waals surface area contributed by atoms with Crippen molar-refractivity contribution < 1.29 is 19.5 Å². The maximum Gasteiger partial charge on any atom is 0.252 e. The zero-order valence-corrected chi connectivity index (χ0v) is 18.4. The van der Waals surface area contributed by atoms with Gasteiger partial charge in [-0.2, -0.15) is 0 Å². The third-order valence-corrected chi connectivity index (χ3v) is 5.33. The van der Waals surface area contributed by atoms with E-state index in [0.717, 1.165) is 5.56 Å². The number of aliphatic hydroxyl groups excluding tert-OH is 1. The van der Waals surface area contributed by atoms with E-state index in [-0.39, 0.29) is 6.42 Å². The number of carbonyl (C=O) groups is 3. The lowest BCUT2D eigenvalue weighted by atomic mass is 9.99. The van der Waals surface area contributed by atoms with E-state index in [2.05, 4.69) is 10.6 Å². The zero-order valence-electron chi connectivity index (χ0n) is 17.6. The first kappa shape index (κ1) is 24.0. The van der Waals surface area contributed by atoms with Crippen LogP contribution in [0.4, 0.5) is 0 Å². The maximum atomic E-state index is 12.9. The SMILES string of the molecule is NC(=O)[C@H](Cc1ccc(Cl)cc1)NC(=O)[C@H](O)[C@@H](NC(=O)c1ccccc1)c1ccccc1. The summed E-state index contributed by atoms with van der Waals surface area (Å²) in [6, 6.07) is 21.7. The molecule has 7 nitrogen and oxygen atoms in total. The Kier molecular flexibility index (Phi) is 8.18. The predicted molar refractivity (Wildman–Crippen MR) is 125 cm³/mol. The highest BCUT2D eigenvalue weighted by molar-refractivity contribution is 6.30. The van der Waals surface area contributed by atoms with Gasteiger partial charge in [0.1, 0.15) is 6.04 Å². The zero-order chi connectivity index (χ0) is 23.8. The minimum Gasteiger partial charge on any atom is -0.381 e. The highest BCUT2D eigenvalue weighted by atomic mass is 35.5. The van der Waals surface area contributed by atoms with Crippen LogP contribution in [-0.2, 0) is 16.0 Å². The number of benzene rings is 3. The molecule has 33 heavy (non-hydrogen) atoms. The second kappa shape index (κ2) is 11.3. The van der Waals surface area contributed by atoms with Crippen LogP contribution < -0.4 is 16.4 Å². The van der Waals surface area contributed by atoms with Crippen LogP contribution in [0.5, 0.6) is 0 Å². The first-order chi connectivity index (χ1) is 15.8. The highest BCUT2D eigenvalue weighted by Gasteiger charge is 2.31. The minimum absolute atomic E-state index is 0.122. The predicted octanol–water partition coefficient (Wildman–Crippen LogP) is 2.38. The number of carbonyl (C=O) groups excluding carboxylic acids is 3. The molecular weight excluding hydrogens is 442 g/mol. The van der Waals surface area contributed by atoms with Gasteiger partial charge in [0.05, 0.1) is 6.04 Å². The molecule has 0 bridgehead atoms. The normalized spacial score (nSPS) is 13.4. The van der Waals surface area contributed by atoms with Gasteiger partial charge in [0.25, 0.3) is 11.8 Å². The van der Waals surface area contributed by atoms with Crippen LogP contribution in [0.25, 0.3) is 0 Å². The number of hydrogen-bond acceptors (Lipinski definition) is 4. The van der Waals surface area contributed by atoms with Gasteiger partial charge in [-0.25, -0.2) is 0 Å². The van der Waals surface area contributed by atoms with Crippen LogP contribution in [-0.4, -0.2) is 35.0 Å². The van der Waals surface area contributed by atoms with Gasteiger partial charge in [-0.05, 0) is 35.4 Å². The number of primary amides is 1. The molecule has 0 heterocycles. The molecule has 0 aliphatic rings. The summed E-state index contributed by atoms with van der Waals surface area (Å²) in [7, 11) is 0. The van der Waals surface area contributed by atoms with Gasteiger partial charge in [0.15, 0.2) is 6.10 Å². The number of aliphatic hydroxyl groups is 1. The molecule has 5 N–H and O–H groups in total. The monoisotopic (exact) mass is 465 g/mol. The third kappa shape index (κ3) is 6.65. The van der Waals surface area contributed by atoms with Crippen LogP contribution in [0.1, 0.15) is 27.5 Å². The molecule has 3 rings (SSSR count). The van der Waals surface area contributed by atoms with Crippen molar-refractivity contribution in [2.75, 3.05) is 0 Å². The van der Waals surface area contributed by atoms with Gasteiger partial charge in [-0.3, -0.25) is 14.4 Å². The number of nitrogens with one attached hydrogen (secondary N) is 2. The van der Waals surface area contributed by atoms with Crippen molar-refractivity contribution >= 4 is 29.3 Å². The summed E-state index contributed by atoms with van der Waals surface area (Å²) in [4.78, 5) is 37.6. The minimum atomic E-state index is -1.67. The van der Waals surface area contributed by atoms with Crippen LogP contribution in [0.3, 0.4) is 0 Å². The Balaban J connectivity index is 1.78. The molecule has 3 atom stereocenters. The van der Waals surface area contributed by atoms with Crippen molar-refractivity contribution in [2.45, 2.75) is 24.6 Å². The molecule has 0 fully saturated rings. The van der Waals surface area contributed by atoms with E-state index in [0.29, 0.717) is 16.1 Å². The van der Waals surface area contributed by atoms with Crippen molar-refractivity contribution in [3.05, 3.63) is 107 Å². The Labute approximate surface area is 196 Å². The van der Waals surface area contributed by atoms with E-state index in [4.69, 9.17) is 17.3 Å². The van der Waals surface area contributed by atoms with E-state index in [9.17, 15) is 19.5 Å². The lowest BCUT2D eigenvalue weighted by Crippen LogP contribution is -2.52. The van der Waals surface area contributed by atoms with Crippen molar-refractivity contribution in [1.82, 2.24) is 10.6 Å². The standard InChI is InChI=1S/C25H24ClN3O4/c26-19-13-11-16(12-14-19)15-20(23(27)31)28-25(33)22(30)21(17-7-3-1-4-8-17)29-24(32)18-9-5-2-6-10-18/h1-14,20-22,30H,15H2,(H2,27,31)(H,28,33)(H,29,32)/t20-,21-,22+/m0/s1. The summed E-state index contributed by atoms with van der Waals surface area (Å²) in [5, 5.41) is 16.6. The number of hydrogen-bond donors (Lipinski definition) is 4. The molecule has 0 radical (unpaired) electrons. The third-order valence-electron chi connectivity index (χ3n) is 5.08. The molecule has 3 aromatic rings. The molecule has 3 aromatic carbocycles. The first-order valence-electron chi connectivity index (χ1n) is 10.3. The van der Waals surface area contributed by atoms with E-state index < -0.39 is 35.9 Å². The lowest BCUT2D eigenvalue weighted by Gasteiger charge is -2.26. The van der Waals surface area contributed by atoms with Crippen LogP contribution >= 0.6 is 11.6 Å². The maximum absolute atomic E-state index is 12.9. The Morgan fingerprint density at radius 2 is 1.42 bits per heavy atom. The van der Waals surface area contributed by atoms with Crippen molar-refractivity contribution in [2.24, 2.45) is 5.73 Å². The van der Waals surface area contributed by atoms with Crippen LogP contribution in [0, 0.1) is 0 Å². The Hall–Kier alpha value is -3.68. The van der Waals surface area contributed by atoms with E-state index >= 15 is 0 Å². The Morgan fingerprint density at radius 3 is 2.00 bits per heavy atom. The van der Waals surface area contributed by atoms with Gasteiger partial charge in [0.2, 0.25) is 5.91 Å². The highest BCUT2D eigenvalue weighted by Crippen LogP contribution is 2.19. The molecule has 0 aromatic heterocycles. The summed E-state index contributed by atoms with van der Waals surface area (Å²) in [5.41, 5.74) is 7.11. The average Bonchev–Trinajstić information content (AvgIpc) is 2.83. The van der Waals surface area contributed by atoms with Crippen LogP contribution in [0.2, 0.25) is 5.02 Å². The summed E-state index contributed by atoms with van der Waals surface area (Å²) in [5.74, 6) is -2.05. The summed E-state index contributed by atoms with van der Waals surface area (Å²) in [6.07, 6.45) is -1.55. The van der Waals surface area contributed by atoms with E-state index in [1.54, 1.807) is 84.9 Å². The molecule has 8 heteroatoms. The van der Waals surface area contributed by atoms with Crippen LogP contribution in [0.15, 0.2) is 84.9 Å². The largest absolute Gasteiger partial charge is 0.381 e. The molecule has 0 unspecified atom stereocenters. The Morgan fingerprint density at radius 1 is 0.848 bits per heavy atom. The van der Waals surface area contributed by atoms with E-state index in [1.165, 1.54) is 0 Å². The first-order valence-corrected chi connectivity index (χ1v) is 10.7. The van der Waals surface area contributed by atoms with Gasteiger partial charge < -0.3 is 21.5 Å². The Bertz CT molecular complexity index is 1090. The fraction of sp³-hybridized carbons (Fsp3) is 0.160. The fourth-order valence-corrected chi connectivity index (χ4v) is 3.43. The van der Waals surface area contributed by atoms with E-state index in [1.807, 2.05) is 0 Å². The quantitative estimate of drug-likeness (QED) is 0.387. The van der Waals surface area contributed by atoms with Crippen molar-refractivity contribution in [3.63, 3.8) is 0 Å². The number of nitrogens with two attached hydrogens (primary N) is 1. The van der Waals surface area contributed by atoms with Crippen molar-refractivity contribution in [1.29, 1.82) is 0 Å². The molecule has 0 aliphatic heterocycles. The molecular formula is C25H24ClN3O4. The summed E-state index contributed by atoms with van der Waals surface area (Å²) in [6.45, 7) is 0. The second-order valence-corrected chi connectivity index (χ2v) is 7.90. The number of halogens is 1. The second-order valence-electron chi connectivity index (χ2n) is 7.47. The fourth-order valence-electron chi connectivity index (χ4n) is 3.31. The smallest absolute Gasteiger partial charge is 0.252 e. The topological polar surface area (TPSA) is 122 Å². The van der Waals surface area contributed by atoms with Gasteiger partial charge in [0, 0.05) is 17.0 Å². The average molecular weight is 466 g/mol. The van der Waals surface area contributed by atoms with Gasteiger partial charge in [-0.15, -0.1) is 0 Å². The lowest BCUT2D eigenvalue weighted by molar-refractivity contribution is -0.134. The molecule has 0 saturated heterocycles. The number of amides is 3. The molecule has 3 amide bonds. The summed E-state index contributed by atoms with van der Waals surface area (Å²) >= 11 is 5.89. The summed E-state index contributed by atoms with van der Waals surface area (Å²) < 4.78 is 0. The number of rotatable bonds is 9.